The highest BCUT2D eigenvalue weighted by atomic mass is 19.4. The van der Waals surface area contributed by atoms with Gasteiger partial charge in [-0.05, 0) is 55.7 Å². The van der Waals surface area contributed by atoms with Crippen LogP contribution in [0.5, 0.6) is 5.75 Å². The van der Waals surface area contributed by atoms with Crippen molar-refractivity contribution in [1.29, 1.82) is 0 Å². The summed E-state index contributed by atoms with van der Waals surface area (Å²) in [7, 11) is 0. The molecule has 2 aliphatic rings. The molecule has 0 spiro atoms. The molecule has 176 valence electrons. The van der Waals surface area contributed by atoms with Crippen LogP contribution in [0.3, 0.4) is 0 Å². The number of fused-ring (bicyclic) bond motifs is 1. The first-order valence-corrected chi connectivity index (χ1v) is 11.5. The molecule has 1 aromatic carbocycles. The van der Waals surface area contributed by atoms with Crippen molar-refractivity contribution in [2.75, 3.05) is 13.1 Å². The van der Waals surface area contributed by atoms with Gasteiger partial charge in [0.15, 0.2) is 0 Å². The van der Waals surface area contributed by atoms with E-state index in [1.165, 1.54) is 19.1 Å². The topological polar surface area (TPSA) is 46.6 Å². The molecule has 0 aromatic heterocycles. The predicted molar refractivity (Wildman–Crippen MR) is 116 cm³/mol. The minimum atomic E-state index is -4.53. The van der Waals surface area contributed by atoms with Crippen LogP contribution < -0.4 is 4.74 Å². The maximum Gasteiger partial charge on any atom is 0.416 e. The number of piperidine rings is 1. The number of hydrogen-bond acceptors (Lipinski definition) is 3. The van der Waals surface area contributed by atoms with Crippen molar-refractivity contribution in [3.63, 3.8) is 0 Å². The van der Waals surface area contributed by atoms with Crippen LogP contribution in [0, 0.1) is 30.6 Å². The first-order valence-electron chi connectivity index (χ1n) is 11.5. The molecule has 1 aliphatic heterocycles. The average Bonchev–Trinajstić information content (AvgIpc) is 2.74. The van der Waals surface area contributed by atoms with Gasteiger partial charge in [0.05, 0.1) is 17.4 Å². The van der Waals surface area contributed by atoms with Gasteiger partial charge in [-0.15, -0.1) is 0 Å². The summed E-state index contributed by atoms with van der Waals surface area (Å²) in [5, 5.41) is 0. The largest absolute Gasteiger partial charge is 0.426 e. The lowest BCUT2D eigenvalue weighted by atomic mass is 9.71. The second kappa shape index (κ2) is 10.1. The summed E-state index contributed by atoms with van der Waals surface area (Å²) in [4.78, 5) is 28.1. The Morgan fingerprint density at radius 3 is 2.75 bits per heavy atom. The lowest BCUT2D eigenvalue weighted by molar-refractivity contribution is -0.153. The summed E-state index contributed by atoms with van der Waals surface area (Å²) in [5.74, 6) is -1.71. The molecule has 1 amide bonds. The van der Waals surface area contributed by atoms with E-state index < -0.39 is 29.5 Å². The maximum absolute atomic E-state index is 13.3. The summed E-state index contributed by atoms with van der Waals surface area (Å²) in [5.41, 5.74) is -0.765. The zero-order valence-electron chi connectivity index (χ0n) is 19.0. The molecule has 1 saturated heterocycles. The number of halogens is 3. The molecule has 4 nitrogen and oxygen atoms in total. The number of hydrogen-bond donors (Lipinski definition) is 0. The van der Waals surface area contributed by atoms with Crippen LogP contribution in [0.1, 0.15) is 57.1 Å². The van der Waals surface area contributed by atoms with Crippen molar-refractivity contribution < 1.29 is 27.5 Å². The van der Waals surface area contributed by atoms with E-state index >= 15 is 0 Å². The van der Waals surface area contributed by atoms with Gasteiger partial charge in [0, 0.05) is 13.1 Å². The third-order valence-electron chi connectivity index (χ3n) is 6.62. The van der Waals surface area contributed by atoms with Gasteiger partial charge in [0.25, 0.3) is 0 Å². The summed E-state index contributed by atoms with van der Waals surface area (Å²) < 4.78 is 45.0. The van der Waals surface area contributed by atoms with Crippen LogP contribution in [0.4, 0.5) is 13.2 Å². The van der Waals surface area contributed by atoms with Gasteiger partial charge in [0.2, 0.25) is 5.91 Å². The molecule has 1 aliphatic carbocycles. The third-order valence-corrected chi connectivity index (χ3v) is 6.62. The van der Waals surface area contributed by atoms with E-state index in [2.05, 4.69) is 13.8 Å². The molecule has 3 unspecified atom stereocenters. The minimum Gasteiger partial charge on any atom is -0.426 e. The normalized spacial score (nSPS) is 24.2. The molecule has 3 rings (SSSR count). The summed E-state index contributed by atoms with van der Waals surface area (Å²) in [6, 6.07) is 3.51. The Balaban J connectivity index is 1.74. The predicted octanol–water partition coefficient (Wildman–Crippen LogP) is 5.79. The molecule has 1 aromatic rings. The Morgan fingerprint density at radius 1 is 1.31 bits per heavy atom. The fourth-order valence-electron chi connectivity index (χ4n) is 4.83. The number of aryl methyl sites for hydroxylation is 1. The van der Waals surface area contributed by atoms with E-state index in [0.717, 1.165) is 31.7 Å². The van der Waals surface area contributed by atoms with Crippen LogP contribution in [0.2, 0.25) is 0 Å². The number of allylic oxidation sites excluding steroid dienone is 2. The van der Waals surface area contributed by atoms with E-state index in [1.54, 1.807) is 0 Å². The molecule has 0 bridgehead atoms. The maximum atomic E-state index is 13.3. The van der Waals surface area contributed by atoms with Gasteiger partial charge in [-0.1, -0.05) is 44.9 Å². The van der Waals surface area contributed by atoms with Crippen LogP contribution in [-0.2, 0) is 15.8 Å². The number of unbranched alkanes of at least 4 members (excludes halogenated alkanes) is 1. The Bertz CT molecular complexity index is 864. The fourth-order valence-corrected chi connectivity index (χ4v) is 4.83. The summed E-state index contributed by atoms with van der Waals surface area (Å²) in [6.45, 7) is 6.97. The zero-order chi connectivity index (χ0) is 23.5. The summed E-state index contributed by atoms with van der Waals surface area (Å²) >= 11 is 0. The van der Waals surface area contributed by atoms with E-state index in [-0.39, 0.29) is 23.1 Å². The number of nitrogens with zero attached hydrogens (tertiary/aromatic N) is 1. The first-order chi connectivity index (χ1) is 15.1. The molecule has 0 N–H and O–H groups in total. The molecule has 0 saturated carbocycles. The minimum absolute atomic E-state index is 0.0419. The lowest BCUT2D eigenvalue weighted by Gasteiger charge is -2.42. The number of amides is 1. The van der Waals surface area contributed by atoms with Gasteiger partial charge in [-0.25, -0.2) is 0 Å². The highest BCUT2D eigenvalue weighted by Crippen LogP contribution is 2.39. The Labute approximate surface area is 187 Å². The highest BCUT2D eigenvalue weighted by molar-refractivity contribution is 5.87. The van der Waals surface area contributed by atoms with Crippen LogP contribution in [0.15, 0.2) is 30.4 Å². The monoisotopic (exact) mass is 451 g/mol. The summed E-state index contributed by atoms with van der Waals surface area (Å²) in [6.07, 6.45) is 3.76. The molecular weight excluding hydrogens is 419 g/mol. The standard InChI is InChI=1S/C25H32F3NO3/c1-4-5-7-16(2)15-29-13-12-18-8-6-9-20(22(18)23(29)30)24(31)32-19-11-10-17(3)21(14-19)25(26,27)28/h6,8,10-11,14,16,18,20,22H,4-5,7,9,12-13,15H2,1-3H3/t16?,18?,20-,22?/m0/s1. The molecule has 7 heteroatoms. The number of benzene rings is 1. The fraction of sp³-hybridized carbons (Fsp3) is 0.600. The lowest BCUT2D eigenvalue weighted by Crippen LogP contribution is -2.51. The molecular formula is C25H32F3NO3. The second-order valence-corrected chi connectivity index (χ2v) is 9.18. The number of carbonyl (C=O) groups excluding carboxylic acids is 2. The third kappa shape index (κ3) is 5.54. The van der Waals surface area contributed by atoms with Crippen LogP contribution >= 0.6 is 0 Å². The zero-order valence-corrected chi connectivity index (χ0v) is 19.0. The number of rotatable bonds is 7. The van der Waals surface area contributed by atoms with Crippen molar-refractivity contribution in [2.24, 2.45) is 23.7 Å². The van der Waals surface area contributed by atoms with Crippen LogP contribution in [-0.4, -0.2) is 29.9 Å². The van der Waals surface area contributed by atoms with Gasteiger partial charge in [-0.2, -0.15) is 13.2 Å². The Kier molecular flexibility index (Phi) is 7.67. The molecule has 0 radical (unpaired) electrons. The number of ether oxygens (including phenoxy) is 1. The Morgan fingerprint density at radius 2 is 2.06 bits per heavy atom. The van der Waals surface area contributed by atoms with Gasteiger partial charge in [0.1, 0.15) is 5.75 Å². The quantitative estimate of drug-likeness (QED) is 0.300. The number of likely N-dealkylation sites (tertiary alicyclic amines) is 1. The molecule has 1 fully saturated rings. The highest BCUT2D eigenvalue weighted by Gasteiger charge is 2.45. The average molecular weight is 452 g/mol. The molecule has 4 atom stereocenters. The van der Waals surface area contributed by atoms with E-state index in [9.17, 15) is 22.8 Å². The van der Waals surface area contributed by atoms with E-state index in [1.807, 2.05) is 17.1 Å². The van der Waals surface area contributed by atoms with E-state index in [4.69, 9.17) is 4.74 Å². The Hall–Kier alpha value is -2.31. The van der Waals surface area contributed by atoms with Crippen molar-refractivity contribution in [3.05, 3.63) is 41.5 Å². The SMILES string of the molecule is CCCCC(C)CN1CCC2C=CC[C@H](C(=O)Oc3ccc(C)c(C(F)(F)F)c3)C2C1=O. The van der Waals surface area contributed by atoms with Crippen molar-refractivity contribution in [2.45, 2.75) is 59.1 Å². The number of esters is 1. The van der Waals surface area contributed by atoms with Crippen molar-refractivity contribution in [1.82, 2.24) is 4.90 Å². The number of carbonyl (C=O) groups is 2. The van der Waals surface area contributed by atoms with E-state index in [0.29, 0.717) is 25.4 Å². The molecule has 32 heavy (non-hydrogen) atoms. The van der Waals surface area contributed by atoms with Crippen molar-refractivity contribution in [3.8, 4) is 5.75 Å². The smallest absolute Gasteiger partial charge is 0.416 e. The van der Waals surface area contributed by atoms with Crippen molar-refractivity contribution >= 4 is 11.9 Å². The second-order valence-electron chi connectivity index (χ2n) is 9.18. The molecule has 1 heterocycles. The van der Waals surface area contributed by atoms with Gasteiger partial charge < -0.3 is 9.64 Å². The first kappa shape index (κ1) is 24.3. The van der Waals surface area contributed by atoms with Crippen LogP contribution in [0.25, 0.3) is 0 Å². The van der Waals surface area contributed by atoms with Gasteiger partial charge >= 0.3 is 12.1 Å². The van der Waals surface area contributed by atoms with Gasteiger partial charge in [-0.3, -0.25) is 9.59 Å². The number of alkyl halides is 3.